The van der Waals surface area contributed by atoms with Crippen LogP contribution < -0.4 is 0 Å². The van der Waals surface area contributed by atoms with Gasteiger partial charge in [0.25, 0.3) is 5.91 Å². The van der Waals surface area contributed by atoms with Gasteiger partial charge in [-0.05, 0) is 19.2 Å². The number of carbonyl (C=O) groups is 1. The SMILES string of the molecule is CCS(=O)(=O)c1cc(C(=O)N2CCN(C)CC2)cnc1-c1nc2cc(C(F)(F)F)cnc2n1C. The molecule has 182 valence electrons. The molecule has 0 atom stereocenters. The number of pyridine rings is 2. The fourth-order valence-corrected chi connectivity index (χ4v) is 4.81. The van der Waals surface area contributed by atoms with E-state index in [1.54, 1.807) is 4.90 Å². The van der Waals surface area contributed by atoms with Crippen molar-refractivity contribution < 1.29 is 26.4 Å². The summed E-state index contributed by atoms with van der Waals surface area (Å²) in [7, 11) is -0.389. The number of alkyl halides is 3. The topological polar surface area (TPSA) is 101 Å². The Morgan fingerprint density at radius 3 is 2.35 bits per heavy atom. The van der Waals surface area contributed by atoms with Crippen LogP contribution in [-0.2, 0) is 23.1 Å². The molecule has 1 saturated heterocycles. The van der Waals surface area contributed by atoms with Crippen molar-refractivity contribution in [2.75, 3.05) is 39.0 Å². The number of hydrogen-bond acceptors (Lipinski definition) is 7. The lowest BCUT2D eigenvalue weighted by atomic mass is 10.2. The maximum Gasteiger partial charge on any atom is 0.417 e. The zero-order valence-electron chi connectivity index (χ0n) is 18.8. The van der Waals surface area contributed by atoms with Crippen molar-refractivity contribution in [3.8, 4) is 11.5 Å². The highest BCUT2D eigenvalue weighted by Crippen LogP contribution is 2.33. The lowest BCUT2D eigenvalue weighted by Gasteiger charge is -2.32. The summed E-state index contributed by atoms with van der Waals surface area (Å²) in [5, 5.41) is 0. The average molecular weight is 497 g/mol. The van der Waals surface area contributed by atoms with Crippen LogP contribution in [0.5, 0.6) is 0 Å². The quantitative estimate of drug-likeness (QED) is 0.546. The molecule has 0 saturated carbocycles. The third-order valence-corrected chi connectivity index (χ3v) is 7.59. The molecule has 0 spiro atoms. The maximum absolute atomic E-state index is 13.1. The molecule has 0 aliphatic carbocycles. The Morgan fingerprint density at radius 1 is 1.06 bits per heavy atom. The second-order valence-electron chi connectivity index (χ2n) is 8.13. The molecule has 3 aromatic heterocycles. The summed E-state index contributed by atoms with van der Waals surface area (Å²) in [4.78, 5) is 28.8. The number of fused-ring (bicyclic) bond motifs is 1. The lowest BCUT2D eigenvalue weighted by molar-refractivity contribution is -0.137. The van der Waals surface area contributed by atoms with Gasteiger partial charge in [-0.2, -0.15) is 13.2 Å². The molecule has 3 aromatic rings. The van der Waals surface area contributed by atoms with Crippen molar-refractivity contribution >= 4 is 26.9 Å². The molecule has 0 radical (unpaired) electrons. The van der Waals surface area contributed by atoms with Crippen molar-refractivity contribution in [3.05, 3.63) is 35.7 Å². The predicted molar refractivity (Wildman–Crippen MR) is 118 cm³/mol. The van der Waals surface area contributed by atoms with E-state index in [4.69, 9.17) is 0 Å². The van der Waals surface area contributed by atoms with E-state index < -0.39 is 21.6 Å². The number of amides is 1. The highest BCUT2D eigenvalue weighted by atomic mass is 32.2. The first-order chi connectivity index (χ1) is 15.9. The number of rotatable bonds is 4. The summed E-state index contributed by atoms with van der Waals surface area (Å²) < 4.78 is 66.5. The Morgan fingerprint density at radius 2 is 1.74 bits per heavy atom. The van der Waals surface area contributed by atoms with Crippen LogP contribution in [-0.4, -0.2) is 82.6 Å². The van der Waals surface area contributed by atoms with E-state index in [1.165, 1.54) is 30.8 Å². The summed E-state index contributed by atoms with van der Waals surface area (Å²) in [5.41, 5.74) is -0.802. The Kier molecular flexibility index (Phi) is 6.10. The van der Waals surface area contributed by atoms with Gasteiger partial charge in [-0.15, -0.1) is 0 Å². The predicted octanol–water partition coefficient (Wildman–Crippen LogP) is 2.23. The molecule has 9 nitrogen and oxygen atoms in total. The third-order valence-electron chi connectivity index (χ3n) is 5.85. The van der Waals surface area contributed by atoms with Crippen LogP contribution in [0.25, 0.3) is 22.7 Å². The molecule has 13 heteroatoms. The van der Waals surface area contributed by atoms with E-state index in [0.29, 0.717) is 32.4 Å². The number of aryl methyl sites for hydroxylation is 1. The molecule has 1 aliphatic rings. The van der Waals surface area contributed by atoms with E-state index >= 15 is 0 Å². The van der Waals surface area contributed by atoms with Gasteiger partial charge in [0, 0.05) is 45.6 Å². The molecule has 4 rings (SSSR count). The smallest absolute Gasteiger partial charge is 0.336 e. The second kappa shape index (κ2) is 8.62. The van der Waals surface area contributed by atoms with Crippen molar-refractivity contribution in [1.82, 2.24) is 29.3 Å². The van der Waals surface area contributed by atoms with Crippen LogP contribution in [0.1, 0.15) is 22.8 Å². The maximum atomic E-state index is 13.1. The minimum absolute atomic E-state index is 0.0347. The molecular weight excluding hydrogens is 473 g/mol. The van der Waals surface area contributed by atoms with Gasteiger partial charge in [-0.1, -0.05) is 6.92 Å². The molecule has 0 bridgehead atoms. The number of carbonyl (C=O) groups excluding carboxylic acids is 1. The standard InChI is InChI=1S/C21H23F3N6O3S/c1-4-34(32,33)16-9-13(20(31)30-7-5-28(2)6-8-30)11-25-17(16)19-27-15-10-14(21(22,23)24)12-26-18(15)29(19)3/h9-12H,4-8H2,1-3H3. The van der Waals surface area contributed by atoms with Crippen LogP contribution in [0, 0.1) is 0 Å². The summed E-state index contributed by atoms with van der Waals surface area (Å²) in [6, 6.07) is 2.13. The zero-order chi connectivity index (χ0) is 24.8. The van der Waals surface area contributed by atoms with E-state index in [2.05, 4.69) is 19.9 Å². The van der Waals surface area contributed by atoms with Gasteiger partial charge in [0.1, 0.15) is 11.2 Å². The number of likely N-dealkylation sites (N-methyl/N-ethyl adjacent to an activating group) is 1. The van der Waals surface area contributed by atoms with Gasteiger partial charge in [0.05, 0.1) is 21.8 Å². The van der Waals surface area contributed by atoms with Crippen LogP contribution in [0.15, 0.2) is 29.4 Å². The Balaban J connectivity index is 1.82. The monoisotopic (exact) mass is 496 g/mol. The summed E-state index contributed by atoms with van der Waals surface area (Å²) >= 11 is 0. The second-order valence-corrected chi connectivity index (χ2v) is 10.4. The van der Waals surface area contributed by atoms with Gasteiger partial charge in [-0.3, -0.25) is 9.78 Å². The zero-order valence-corrected chi connectivity index (χ0v) is 19.6. The van der Waals surface area contributed by atoms with Crippen molar-refractivity contribution in [2.24, 2.45) is 7.05 Å². The van der Waals surface area contributed by atoms with Crippen LogP contribution in [0.3, 0.4) is 0 Å². The number of halogens is 3. The van der Waals surface area contributed by atoms with Gasteiger partial charge in [-0.25, -0.2) is 18.4 Å². The van der Waals surface area contributed by atoms with Crippen LogP contribution in [0.2, 0.25) is 0 Å². The minimum Gasteiger partial charge on any atom is -0.336 e. The molecule has 0 N–H and O–H groups in total. The normalized spacial score (nSPS) is 15.8. The van der Waals surface area contributed by atoms with Gasteiger partial charge >= 0.3 is 6.18 Å². The average Bonchev–Trinajstić information content (AvgIpc) is 3.14. The summed E-state index contributed by atoms with van der Waals surface area (Å²) in [5.74, 6) is -0.553. The molecule has 1 fully saturated rings. The van der Waals surface area contributed by atoms with Gasteiger partial charge < -0.3 is 14.4 Å². The fraction of sp³-hybridized carbons (Fsp3) is 0.429. The first kappa shape index (κ1) is 24.1. The summed E-state index contributed by atoms with van der Waals surface area (Å²) in [6.45, 7) is 3.87. The molecule has 0 unspecified atom stereocenters. The van der Waals surface area contributed by atoms with E-state index in [1.807, 2.05) is 7.05 Å². The first-order valence-corrected chi connectivity index (χ1v) is 12.2. The largest absolute Gasteiger partial charge is 0.417 e. The van der Waals surface area contributed by atoms with Crippen molar-refractivity contribution in [2.45, 2.75) is 18.0 Å². The molecule has 1 aliphatic heterocycles. The van der Waals surface area contributed by atoms with E-state index in [0.717, 1.165) is 6.07 Å². The van der Waals surface area contributed by atoms with Gasteiger partial charge in [0.2, 0.25) is 0 Å². The third kappa shape index (κ3) is 4.37. The molecule has 4 heterocycles. The van der Waals surface area contributed by atoms with Crippen LogP contribution >= 0.6 is 0 Å². The number of imidazole rings is 1. The first-order valence-electron chi connectivity index (χ1n) is 10.5. The van der Waals surface area contributed by atoms with Crippen molar-refractivity contribution in [1.29, 1.82) is 0 Å². The lowest BCUT2D eigenvalue weighted by Crippen LogP contribution is -2.47. The highest BCUT2D eigenvalue weighted by molar-refractivity contribution is 7.91. The molecule has 34 heavy (non-hydrogen) atoms. The molecule has 1 amide bonds. The number of nitrogens with zero attached hydrogens (tertiary/aromatic N) is 6. The van der Waals surface area contributed by atoms with Crippen LogP contribution in [0.4, 0.5) is 13.2 Å². The number of piperazine rings is 1. The fourth-order valence-electron chi connectivity index (χ4n) is 3.76. The van der Waals surface area contributed by atoms with Crippen molar-refractivity contribution in [3.63, 3.8) is 0 Å². The molecular formula is C21H23F3N6O3S. The van der Waals surface area contributed by atoms with E-state index in [9.17, 15) is 26.4 Å². The number of hydrogen-bond donors (Lipinski definition) is 0. The minimum atomic E-state index is -4.60. The Bertz CT molecular complexity index is 1360. The van der Waals surface area contributed by atoms with Gasteiger partial charge in [0.15, 0.2) is 21.3 Å². The summed E-state index contributed by atoms with van der Waals surface area (Å²) in [6.07, 6.45) is -2.62. The number of aromatic nitrogens is 4. The Hall–Kier alpha value is -3.06. The molecule has 0 aromatic carbocycles. The Labute approximate surface area is 194 Å². The highest BCUT2D eigenvalue weighted by Gasteiger charge is 2.32. The number of sulfone groups is 1. The van der Waals surface area contributed by atoms with E-state index in [-0.39, 0.29) is 44.8 Å².